The van der Waals surface area contributed by atoms with Gasteiger partial charge in [0.1, 0.15) is 0 Å². The van der Waals surface area contributed by atoms with Crippen molar-refractivity contribution >= 4 is 24.5 Å². The van der Waals surface area contributed by atoms with Crippen LogP contribution in [0.25, 0.3) is 0 Å². The minimum absolute atomic E-state index is 0.0496. The second-order valence-corrected chi connectivity index (χ2v) is 4.74. The third kappa shape index (κ3) is 5.71. The number of carbonyl (C=O) groups is 4. The highest BCUT2D eigenvalue weighted by Crippen LogP contribution is 2.27. The van der Waals surface area contributed by atoms with E-state index in [0.29, 0.717) is 25.4 Å². The summed E-state index contributed by atoms with van der Waals surface area (Å²) in [7, 11) is 0. The predicted octanol–water partition coefficient (Wildman–Crippen LogP) is 2.59. The Kier molecular flexibility index (Phi) is 7.97. The Bertz CT molecular complexity index is 555. The summed E-state index contributed by atoms with van der Waals surface area (Å²) in [6, 6.07) is 2.28. The summed E-state index contributed by atoms with van der Waals surface area (Å²) < 4.78 is 0. The largest absolute Gasteiger partial charge is 0.355 e. The van der Waals surface area contributed by atoms with Crippen LogP contribution in [-0.4, -0.2) is 24.5 Å². The number of rotatable bonds is 10. The first kappa shape index (κ1) is 19.1. The van der Waals surface area contributed by atoms with E-state index in [-0.39, 0.29) is 35.5 Å². The van der Waals surface area contributed by atoms with Crippen LogP contribution in [0, 0.1) is 0 Å². The van der Waals surface area contributed by atoms with Gasteiger partial charge in [0.2, 0.25) is 0 Å². The maximum atomic E-state index is 11.3. The molecule has 0 saturated carbocycles. The average Bonchev–Trinajstić information content (AvgIpc) is 2.58. The molecule has 1 aromatic rings. The summed E-state index contributed by atoms with van der Waals surface area (Å²) in [5, 5.41) is 0. The normalized spacial score (nSPS) is 9.75. The van der Waals surface area contributed by atoms with Gasteiger partial charge in [-0.05, 0) is 12.8 Å². The smallest absolute Gasteiger partial charge is 0.298 e. The fraction of sp³-hybridized carbons (Fsp3) is 0.375. The molecule has 1 aromatic carbocycles. The Morgan fingerprint density at radius 1 is 0.833 bits per heavy atom. The van der Waals surface area contributed by atoms with Gasteiger partial charge >= 0.3 is 11.9 Å². The zero-order chi connectivity index (χ0) is 17.9. The van der Waals surface area contributed by atoms with Crippen LogP contribution in [0.5, 0.6) is 11.5 Å². The number of hydrogen-bond acceptors (Lipinski definition) is 8. The standard InChI is InChI=1S/C16H18O8/c1-3-5-15(19)23-21-13-7-12(10-18)14(8-11(13)9-17)22-24-16(20)6-4-2/h7-10H,3-6H2,1-2H3. The van der Waals surface area contributed by atoms with E-state index in [9.17, 15) is 19.2 Å². The summed E-state index contributed by atoms with van der Waals surface area (Å²) in [5.41, 5.74) is -0.0992. The van der Waals surface area contributed by atoms with E-state index in [2.05, 4.69) is 9.78 Å². The van der Waals surface area contributed by atoms with Crippen molar-refractivity contribution in [3.05, 3.63) is 23.3 Å². The number of benzene rings is 1. The molecule has 0 atom stereocenters. The molecule has 0 unspecified atom stereocenters. The lowest BCUT2D eigenvalue weighted by atomic mass is 10.1. The predicted molar refractivity (Wildman–Crippen MR) is 80.5 cm³/mol. The Labute approximate surface area is 138 Å². The molecule has 0 amide bonds. The molecule has 0 saturated heterocycles. The first-order valence-electron chi connectivity index (χ1n) is 7.38. The topological polar surface area (TPSA) is 105 Å². The van der Waals surface area contributed by atoms with Gasteiger partial charge in [-0.2, -0.15) is 0 Å². The summed E-state index contributed by atoms with van der Waals surface area (Å²) in [6.45, 7) is 3.57. The fourth-order valence-electron chi connectivity index (χ4n) is 1.59. The zero-order valence-electron chi connectivity index (χ0n) is 13.4. The van der Waals surface area contributed by atoms with E-state index in [1.807, 2.05) is 0 Å². The fourth-order valence-corrected chi connectivity index (χ4v) is 1.59. The highest BCUT2D eigenvalue weighted by atomic mass is 17.2. The Balaban J connectivity index is 2.91. The Morgan fingerprint density at radius 3 is 1.50 bits per heavy atom. The summed E-state index contributed by atoms with van der Waals surface area (Å²) >= 11 is 0. The van der Waals surface area contributed by atoms with Gasteiger partial charge in [0.15, 0.2) is 24.1 Å². The van der Waals surface area contributed by atoms with Crippen LogP contribution in [0.1, 0.15) is 60.2 Å². The van der Waals surface area contributed by atoms with Crippen LogP contribution in [0.4, 0.5) is 0 Å². The van der Waals surface area contributed by atoms with Crippen LogP contribution in [0.15, 0.2) is 12.1 Å². The lowest BCUT2D eigenvalue weighted by Gasteiger charge is -2.10. The molecule has 0 aliphatic carbocycles. The molecule has 0 spiro atoms. The van der Waals surface area contributed by atoms with Crippen molar-refractivity contribution in [2.75, 3.05) is 0 Å². The van der Waals surface area contributed by atoms with E-state index in [1.165, 1.54) is 0 Å². The van der Waals surface area contributed by atoms with Gasteiger partial charge in [-0.15, -0.1) is 0 Å². The van der Waals surface area contributed by atoms with E-state index < -0.39 is 11.9 Å². The second kappa shape index (κ2) is 9.98. The molecule has 0 bridgehead atoms. The molecule has 1 rings (SSSR count). The molecule has 0 fully saturated rings. The average molecular weight is 338 g/mol. The Morgan fingerprint density at radius 2 is 1.21 bits per heavy atom. The van der Waals surface area contributed by atoms with Gasteiger partial charge in [0, 0.05) is 25.0 Å². The van der Waals surface area contributed by atoms with Gasteiger partial charge in [-0.1, -0.05) is 13.8 Å². The highest BCUT2D eigenvalue weighted by molar-refractivity contribution is 5.87. The van der Waals surface area contributed by atoms with Gasteiger partial charge < -0.3 is 0 Å². The van der Waals surface area contributed by atoms with E-state index in [0.717, 1.165) is 12.1 Å². The summed E-state index contributed by atoms with van der Waals surface area (Å²) in [5.74, 6) is -1.50. The van der Waals surface area contributed by atoms with Crippen LogP contribution in [-0.2, 0) is 19.4 Å². The Hall–Kier alpha value is -2.90. The molecule has 130 valence electrons. The molecular weight excluding hydrogens is 320 g/mol. The monoisotopic (exact) mass is 338 g/mol. The molecule has 24 heavy (non-hydrogen) atoms. The second-order valence-electron chi connectivity index (χ2n) is 4.74. The summed E-state index contributed by atoms with van der Waals surface area (Å²) in [6.07, 6.45) is 2.25. The van der Waals surface area contributed by atoms with Crippen molar-refractivity contribution in [3.63, 3.8) is 0 Å². The number of aldehydes is 2. The highest BCUT2D eigenvalue weighted by Gasteiger charge is 2.16. The molecule has 0 N–H and O–H groups in total. The molecule has 0 radical (unpaired) electrons. The van der Waals surface area contributed by atoms with Crippen molar-refractivity contribution in [2.45, 2.75) is 39.5 Å². The first-order valence-corrected chi connectivity index (χ1v) is 7.38. The molecule has 0 aromatic heterocycles. The van der Waals surface area contributed by atoms with Crippen molar-refractivity contribution in [1.29, 1.82) is 0 Å². The third-order valence-electron chi connectivity index (χ3n) is 2.75. The van der Waals surface area contributed by atoms with Gasteiger partial charge in [0.05, 0.1) is 11.1 Å². The summed E-state index contributed by atoms with van der Waals surface area (Å²) in [4.78, 5) is 63.5. The molecule has 0 aliphatic rings. The lowest BCUT2D eigenvalue weighted by Crippen LogP contribution is -2.10. The van der Waals surface area contributed by atoms with Gasteiger partial charge in [-0.3, -0.25) is 29.1 Å². The maximum Gasteiger partial charge on any atom is 0.355 e. The maximum absolute atomic E-state index is 11.3. The minimum atomic E-state index is -0.615. The lowest BCUT2D eigenvalue weighted by molar-refractivity contribution is -0.215. The van der Waals surface area contributed by atoms with Gasteiger partial charge in [-0.25, -0.2) is 9.59 Å². The van der Waals surface area contributed by atoms with Crippen molar-refractivity contribution < 1.29 is 38.7 Å². The van der Waals surface area contributed by atoms with Crippen LogP contribution < -0.4 is 9.78 Å². The zero-order valence-corrected chi connectivity index (χ0v) is 13.4. The van der Waals surface area contributed by atoms with Gasteiger partial charge in [0.25, 0.3) is 0 Å². The van der Waals surface area contributed by atoms with Crippen molar-refractivity contribution in [1.82, 2.24) is 0 Å². The molecular formula is C16H18O8. The minimum Gasteiger partial charge on any atom is -0.298 e. The third-order valence-corrected chi connectivity index (χ3v) is 2.75. The molecule has 8 nitrogen and oxygen atoms in total. The molecule has 0 heterocycles. The van der Waals surface area contributed by atoms with E-state index in [1.54, 1.807) is 13.8 Å². The van der Waals surface area contributed by atoms with E-state index >= 15 is 0 Å². The molecule has 0 aliphatic heterocycles. The van der Waals surface area contributed by atoms with Crippen LogP contribution in [0.3, 0.4) is 0 Å². The van der Waals surface area contributed by atoms with Crippen molar-refractivity contribution in [3.8, 4) is 11.5 Å². The van der Waals surface area contributed by atoms with Crippen molar-refractivity contribution in [2.24, 2.45) is 0 Å². The quantitative estimate of drug-likeness (QED) is 0.364. The number of carbonyl (C=O) groups excluding carboxylic acids is 4. The van der Waals surface area contributed by atoms with Crippen LogP contribution in [0.2, 0.25) is 0 Å². The first-order chi connectivity index (χ1) is 11.5. The molecule has 8 heteroatoms. The van der Waals surface area contributed by atoms with Crippen LogP contribution >= 0.6 is 0 Å². The number of hydrogen-bond donors (Lipinski definition) is 0. The van der Waals surface area contributed by atoms with E-state index in [4.69, 9.17) is 9.78 Å². The SMILES string of the molecule is CCCC(=O)OOc1cc(C=O)c(OOC(=O)CCC)cc1C=O.